The lowest BCUT2D eigenvalue weighted by molar-refractivity contribution is 0.783. The fourth-order valence-electron chi connectivity index (χ4n) is 1.78. The first kappa shape index (κ1) is 12.3. The van der Waals surface area contributed by atoms with E-state index in [4.69, 9.17) is 5.84 Å². The fraction of sp³-hybridized carbons (Fsp3) is 0.231. The molecule has 1 aromatic carbocycles. The number of nitrogens with zero attached hydrogens (tertiary/aromatic N) is 2. The Morgan fingerprint density at radius 3 is 2.61 bits per heavy atom. The first-order chi connectivity index (χ1) is 8.78. The summed E-state index contributed by atoms with van der Waals surface area (Å²) >= 11 is 0. The molecule has 2 rings (SSSR count). The van der Waals surface area contributed by atoms with Gasteiger partial charge in [0.25, 0.3) is 0 Å². The van der Waals surface area contributed by atoms with Gasteiger partial charge in [0, 0.05) is 6.04 Å². The molecule has 0 saturated carbocycles. The van der Waals surface area contributed by atoms with Crippen molar-refractivity contribution in [2.24, 2.45) is 5.84 Å². The lowest BCUT2D eigenvalue weighted by Crippen LogP contribution is -2.19. The third-order valence-corrected chi connectivity index (χ3v) is 2.56. The molecule has 0 fully saturated rings. The molecule has 0 amide bonds. The van der Waals surface area contributed by atoms with Crippen LogP contribution in [0.25, 0.3) is 0 Å². The topological polar surface area (TPSA) is 75.9 Å². The summed E-state index contributed by atoms with van der Waals surface area (Å²) in [7, 11) is 0. The second-order valence-corrected chi connectivity index (χ2v) is 4.17. The Hall–Kier alpha value is -2.14. The van der Waals surface area contributed by atoms with E-state index in [1.54, 1.807) is 12.4 Å². The van der Waals surface area contributed by atoms with Gasteiger partial charge in [-0.3, -0.25) is 4.98 Å². The van der Waals surface area contributed by atoms with E-state index in [2.05, 4.69) is 39.8 Å². The molecule has 4 N–H and O–H groups in total. The molecular weight excluding hydrogens is 226 g/mol. The van der Waals surface area contributed by atoms with Crippen molar-refractivity contribution in [1.82, 2.24) is 9.97 Å². The molecule has 2 aromatic rings. The van der Waals surface area contributed by atoms with Crippen molar-refractivity contribution in [2.45, 2.75) is 19.4 Å². The van der Waals surface area contributed by atoms with E-state index in [1.165, 1.54) is 5.56 Å². The lowest BCUT2D eigenvalue weighted by Gasteiger charge is -2.14. The number of hydrogen-bond acceptors (Lipinski definition) is 5. The molecule has 0 bridgehead atoms. The molecule has 0 spiro atoms. The molecule has 1 atom stereocenters. The summed E-state index contributed by atoms with van der Waals surface area (Å²) < 4.78 is 0. The largest absolute Gasteiger partial charge is 0.366 e. The summed E-state index contributed by atoms with van der Waals surface area (Å²) in [5.74, 6) is 6.56. The zero-order chi connectivity index (χ0) is 12.8. The van der Waals surface area contributed by atoms with Crippen LogP contribution in [-0.4, -0.2) is 16.0 Å². The standard InChI is InChI=1S/C13H17N5/c1-10(7-11-5-3-2-4-6-11)16-12-8-15-9-13(17-12)18-14/h2-6,8-10H,7,14H2,1H3,(H2,16,17,18). The predicted octanol–water partition coefficient (Wildman–Crippen LogP) is 1.81. The van der Waals surface area contributed by atoms with Crippen LogP contribution in [-0.2, 0) is 6.42 Å². The van der Waals surface area contributed by atoms with Crippen LogP contribution in [0.3, 0.4) is 0 Å². The van der Waals surface area contributed by atoms with Gasteiger partial charge in [0.05, 0.1) is 12.4 Å². The van der Waals surface area contributed by atoms with Gasteiger partial charge in [-0.05, 0) is 18.9 Å². The van der Waals surface area contributed by atoms with Gasteiger partial charge in [0.15, 0.2) is 5.82 Å². The maximum absolute atomic E-state index is 5.29. The number of hydrazine groups is 1. The minimum absolute atomic E-state index is 0.273. The van der Waals surface area contributed by atoms with Crippen molar-refractivity contribution in [1.29, 1.82) is 0 Å². The number of nitrogens with one attached hydrogen (secondary N) is 2. The highest BCUT2D eigenvalue weighted by molar-refractivity contribution is 5.41. The summed E-state index contributed by atoms with van der Waals surface area (Å²) in [6.45, 7) is 2.11. The number of nitrogens with two attached hydrogens (primary N) is 1. The van der Waals surface area contributed by atoms with Crippen LogP contribution in [0.1, 0.15) is 12.5 Å². The Balaban J connectivity index is 1.96. The maximum Gasteiger partial charge on any atom is 0.160 e. The number of rotatable bonds is 5. The Morgan fingerprint density at radius 2 is 1.89 bits per heavy atom. The van der Waals surface area contributed by atoms with E-state index in [0.717, 1.165) is 6.42 Å². The second kappa shape index (κ2) is 5.97. The molecule has 1 heterocycles. The van der Waals surface area contributed by atoms with Crippen LogP contribution in [0.15, 0.2) is 42.7 Å². The number of anilines is 2. The Bertz CT molecular complexity index is 486. The number of hydrogen-bond donors (Lipinski definition) is 3. The van der Waals surface area contributed by atoms with E-state index < -0.39 is 0 Å². The quantitative estimate of drug-likeness (QED) is 0.551. The summed E-state index contributed by atoms with van der Waals surface area (Å²) in [6, 6.07) is 10.6. The van der Waals surface area contributed by atoms with Crippen molar-refractivity contribution in [3.8, 4) is 0 Å². The number of nitrogen functional groups attached to an aromatic ring is 1. The van der Waals surface area contributed by atoms with Crippen LogP contribution >= 0.6 is 0 Å². The van der Waals surface area contributed by atoms with Gasteiger partial charge in [-0.25, -0.2) is 10.8 Å². The molecule has 0 aliphatic carbocycles. The Labute approximate surface area is 106 Å². The normalized spacial score (nSPS) is 11.9. The Morgan fingerprint density at radius 1 is 1.17 bits per heavy atom. The summed E-state index contributed by atoms with van der Waals surface area (Å²) in [5, 5.41) is 3.30. The maximum atomic E-state index is 5.29. The van der Waals surface area contributed by atoms with Crippen molar-refractivity contribution in [3.63, 3.8) is 0 Å². The molecular formula is C13H17N5. The van der Waals surface area contributed by atoms with Crippen molar-refractivity contribution in [3.05, 3.63) is 48.3 Å². The molecule has 5 nitrogen and oxygen atoms in total. The first-order valence-electron chi connectivity index (χ1n) is 5.87. The molecule has 94 valence electrons. The van der Waals surface area contributed by atoms with Gasteiger partial charge >= 0.3 is 0 Å². The van der Waals surface area contributed by atoms with E-state index in [9.17, 15) is 0 Å². The Kier molecular flexibility index (Phi) is 4.09. The van der Waals surface area contributed by atoms with Crippen molar-refractivity contribution in [2.75, 3.05) is 10.7 Å². The minimum atomic E-state index is 0.273. The summed E-state index contributed by atoms with van der Waals surface area (Å²) in [6.07, 6.45) is 4.19. The van der Waals surface area contributed by atoms with Gasteiger partial charge in [0.1, 0.15) is 5.82 Å². The zero-order valence-corrected chi connectivity index (χ0v) is 10.3. The van der Waals surface area contributed by atoms with E-state index in [1.807, 2.05) is 18.2 Å². The summed E-state index contributed by atoms with van der Waals surface area (Å²) in [4.78, 5) is 8.31. The third-order valence-electron chi connectivity index (χ3n) is 2.56. The third kappa shape index (κ3) is 3.43. The average molecular weight is 243 g/mol. The highest BCUT2D eigenvalue weighted by Crippen LogP contribution is 2.10. The van der Waals surface area contributed by atoms with Crippen LogP contribution in [0.4, 0.5) is 11.6 Å². The van der Waals surface area contributed by atoms with Gasteiger partial charge in [-0.2, -0.15) is 0 Å². The van der Waals surface area contributed by atoms with E-state index in [0.29, 0.717) is 11.6 Å². The van der Waals surface area contributed by atoms with Crippen LogP contribution in [0.2, 0.25) is 0 Å². The highest BCUT2D eigenvalue weighted by Gasteiger charge is 2.05. The van der Waals surface area contributed by atoms with Gasteiger partial charge in [-0.15, -0.1) is 0 Å². The SMILES string of the molecule is CC(Cc1ccccc1)Nc1cncc(NN)n1. The lowest BCUT2D eigenvalue weighted by atomic mass is 10.1. The minimum Gasteiger partial charge on any atom is -0.366 e. The van der Waals surface area contributed by atoms with Crippen LogP contribution in [0, 0.1) is 0 Å². The molecule has 0 radical (unpaired) electrons. The highest BCUT2D eigenvalue weighted by atomic mass is 15.3. The van der Waals surface area contributed by atoms with Gasteiger partial charge < -0.3 is 10.7 Å². The van der Waals surface area contributed by atoms with Crippen LogP contribution in [0.5, 0.6) is 0 Å². The fourth-order valence-corrected chi connectivity index (χ4v) is 1.78. The number of benzene rings is 1. The molecule has 0 aliphatic rings. The van der Waals surface area contributed by atoms with Crippen molar-refractivity contribution < 1.29 is 0 Å². The zero-order valence-electron chi connectivity index (χ0n) is 10.3. The first-order valence-corrected chi connectivity index (χ1v) is 5.87. The van der Waals surface area contributed by atoms with Crippen LogP contribution < -0.4 is 16.6 Å². The molecule has 18 heavy (non-hydrogen) atoms. The van der Waals surface area contributed by atoms with Gasteiger partial charge in [-0.1, -0.05) is 30.3 Å². The number of aromatic nitrogens is 2. The smallest absolute Gasteiger partial charge is 0.160 e. The van der Waals surface area contributed by atoms with E-state index in [-0.39, 0.29) is 6.04 Å². The molecule has 1 aromatic heterocycles. The predicted molar refractivity (Wildman–Crippen MR) is 73.1 cm³/mol. The molecule has 1 unspecified atom stereocenters. The molecule has 0 aliphatic heterocycles. The summed E-state index contributed by atoms with van der Waals surface area (Å²) in [5.41, 5.74) is 3.77. The monoisotopic (exact) mass is 243 g/mol. The van der Waals surface area contributed by atoms with Gasteiger partial charge in [0.2, 0.25) is 0 Å². The second-order valence-electron chi connectivity index (χ2n) is 4.17. The van der Waals surface area contributed by atoms with E-state index >= 15 is 0 Å². The average Bonchev–Trinajstić information content (AvgIpc) is 2.40. The molecule has 5 heteroatoms. The van der Waals surface area contributed by atoms with Crippen molar-refractivity contribution >= 4 is 11.6 Å². The molecule has 0 saturated heterocycles.